The highest BCUT2D eigenvalue weighted by Gasteiger charge is 2.22. The van der Waals surface area contributed by atoms with Crippen LogP contribution in [0.25, 0.3) is 6.08 Å². The summed E-state index contributed by atoms with van der Waals surface area (Å²) in [5.74, 6) is 0.383. The quantitative estimate of drug-likeness (QED) is 0.822. The number of nitrogens with one attached hydrogen (secondary N) is 2. The van der Waals surface area contributed by atoms with Crippen molar-refractivity contribution < 1.29 is 4.79 Å². The monoisotopic (exact) mass is 262 g/mol. The molecule has 2 atom stereocenters. The van der Waals surface area contributed by atoms with E-state index in [4.69, 9.17) is 0 Å². The van der Waals surface area contributed by atoms with Gasteiger partial charge in [0.05, 0.1) is 0 Å². The van der Waals surface area contributed by atoms with E-state index >= 15 is 0 Å². The minimum Gasteiger partial charge on any atom is -0.291 e. The van der Waals surface area contributed by atoms with Crippen LogP contribution in [0.3, 0.4) is 0 Å². The van der Waals surface area contributed by atoms with Crippen LogP contribution in [0.1, 0.15) is 18.9 Å². The molecule has 0 aromatic heterocycles. The second-order valence-electron chi connectivity index (χ2n) is 4.50. The summed E-state index contributed by atoms with van der Waals surface area (Å²) in [5, 5.41) is 0. The maximum atomic E-state index is 11.2. The normalized spacial score (nSPS) is 24.2. The second kappa shape index (κ2) is 6.07. The highest BCUT2D eigenvalue weighted by molar-refractivity contribution is 7.98. The van der Waals surface area contributed by atoms with Gasteiger partial charge in [-0.1, -0.05) is 37.3 Å². The van der Waals surface area contributed by atoms with Crippen LogP contribution in [0.15, 0.2) is 35.2 Å². The van der Waals surface area contributed by atoms with E-state index in [9.17, 15) is 4.79 Å². The van der Waals surface area contributed by atoms with Crippen molar-refractivity contribution in [2.24, 2.45) is 5.92 Å². The Morgan fingerprint density at radius 2 is 2.17 bits per heavy atom. The van der Waals surface area contributed by atoms with Crippen LogP contribution in [0.5, 0.6) is 0 Å². The van der Waals surface area contributed by atoms with Crippen LogP contribution < -0.4 is 10.9 Å². The van der Waals surface area contributed by atoms with Gasteiger partial charge in [-0.2, -0.15) is 0 Å². The summed E-state index contributed by atoms with van der Waals surface area (Å²) in [7, 11) is 0. The zero-order valence-electron chi connectivity index (χ0n) is 10.6. The third-order valence-corrected chi connectivity index (χ3v) is 3.93. The number of carbonyl (C=O) groups excluding carboxylic acids is 1. The number of carbonyl (C=O) groups is 1. The molecule has 2 rings (SSSR count). The van der Waals surface area contributed by atoms with Gasteiger partial charge in [0.25, 0.3) is 0 Å². The first-order valence-corrected chi connectivity index (χ1v) is 7.29. The van der Waals surface area contributed by atoms with Crippen LogP contribution in [0, 0.1) is 5.92 Å². The molecular formula is C14H18N2OS. The molecule has 1 aromatic rings. The van der Waals surface area contributed by atoms with Crippen molar-refractivity contribution in [2.75, 3.05) is 6.26 Å². The van der Waals surface area contributed by atoms with Gasteiger partial charge in [0, 0.05) is 17.4 Å². The maximum absolute atomic E-state index is 11.2. The summed E-state index contributed by atoms with van der Waals surface area (Å²) in [6.45, 7) is 2.08. The van der Waals surface area contributed by atoms with Gasteiger partial charge in [0.1, 0.15) is 0 Å². The number of hydrogen-bond donors (Lipinski definition) is 2. The average molecular weight is 262 g/mol. The lowest BCUT2D eigenvalue weighted by Crippen LogP contribution is -2.52. The van der Waals surface area contributed by atoms with Crippen molar-refractivity contribution in [1.29, 1.82) is 0 Å². The first-order chi connectivity index (χ1) is 8.70. The Morgan fingerprint density at radius 1 is 1.39 bits per heavy atom. The molecule has 3 nitrogen and oxygen atoms in total. The van der Waals surface area contributed by atoms with Crippen molar-refractivity contribution in [2.45, 2.75) is 24.3 Å². The lowest BCUT2D eigenvalue weighted by atomic mass is 9.96. The topological polar surface area (TPSA) is 41.1 Å². The van der Waals surface area contributed by atoms with E-state index in [1.165, 1.54) is 10.5 Å². The lowest BCUT2D eigenvalue weighted by Gasteiger charge is -2.27. The molecule has 2 N–H and O–H groups in total. The lowest BCUT2D eigenvalue weighted by molar-refractivity contribution is -0.125. The number of benzene rings is 1. The first kappa shape index (κ1) is 13.2. The highest BCUT2D eigenvalue weighted by atomic mass is 32.2. The van der Waals surface area contributed by atoms with Crippen LogP contribution in [0.2, 0.25) is 0 Å². The molecule has 1 fully saturated rings. The zero-order valence-corrected chi connectivity index (χ0v) is 11.5. The van der Waals surface area contributed by atoms with E-state index in [1.54, 1.807) is 11.8 Å². The number of hydrazine groups is 1. The molecule has 18 heavy (non-hydrogen) atoms. The van der Waals surface area contributed by atoms with Crippen molar-refractivity contribution in [1.82, 2.24) is 10.9 Å². The van der Waals surface area contributed by atoms with E-state index in [1.807, 2.05) is 12.1 Å². The summed E-state index contributed by atoms with van der Waals surface area (Å²) in [5.41, 5.74) is 6.93. The molecule has 4 heteroatoms. The summed E-state index contributed by atoms with van der Waals surface area (Å²) < 4.78 is 0. The Hall–Kier alpha value is -1.26. The van der Waals surface area contributed by atoms with E-state index in [2.05, 4.69) is 48.3 Å². The maximum Gasteiger partial charge on any atom is 0.234 e. The zero-order chi connectivity index (χ0) is 13.0. The molecule has 0 saturated carbocycles. The molecule has 2 unspecified atom stereocenters. The van der Waals surface area contributed by atoms with E-state index in [0.717, 1.165) is 0 Å². The SMILES string of the molecule is CSc1ccccc1/C=C/C1NNC(=O)CC1C. The Bertz CT molecular complexity index is 459. The van der Waals surface area contributed by atoms with E-state index in [0.29, 0.717) is 12.3 Å². The van der Waals surface area contributed by atoms with Gasteiger partial charge in [0.2, 0.25) is 5.91 Å². The fourth-order valence-corrected chi connectivity index (χ4v) is 2.61. The average Bonchev–Trinajstić information content (AvgIpc) is 2.38. The Kier molecular flexibility index (Phi) is 4.44. The molecule has 1 aliphatic heterocycles. The first-order valence-electron chi connectivity index (χ1n) is 6.06. The summed E-state index contributed by atoms with van der Waals surface area (Å²) in [4.78, 5) is 12.5. The smallest absolute Gasteiger partial charge is 0.234 e. The number of rotatable bonds is 3. The van der Waals surface area contributed by atoms with E-state index in [-0.39, 0.29) is 11.9 Å². The molecule has 0 bridgehead atoms. The molecule has 1 aromatic carbocycles. The minimum absolute atomic E-state index is 0.0664. The largest absolute Gasteiger partial charge is 0.291 e. The Labute approximate surface area is 112 Å². The van der Waals surface area contributed by atoms with Gasteiger partial charge in [0.15, 0.2) is 0 Å². The molecule has 0 aliphatic carbocycles. The number of hydrogen-bond acceptors (Lipinski definition) is 3. The third-order valence-electron chi connectivity index (χ3n) is 3.12. The standard InChI is InChI=1S/C14H18N2OS/c1-10-9-14(17)16-15-12(10)8-7-11-5-3-4-6-13(11)18-2/h3-8,10,12,15H,9H2,1-2H3,(H,16,17)/b8-7+. The summed E-state index contributed by atoms with van der Waals surface area (Å²) in [6.07, 6.45) is 6.90. The molecule has 1 heterocycles. The van der Waals surface area contributed by atoms with Gasteiger partial charge in [-0.15, -0.1) is 11.8 Å². The molecule has 0 radical (unpaired) electrons. The predicted octanol–water partition coefficient (Wildman–Crippen LogP) is 2.45. The second-order valence-corrected chi connectivity index (χ2v) is 5.35. The van der Waals surface area contributed by atoms with Crippen molar-refractivity contribution in [3.63, 3.8) is 0 Å². The molecular weight excluding hydrogens is 244 g/mol. The van der Waals surface area contributed by atoms with Crippen molar-refractivity contribution in [3.05, 3.63) is 35.9 Å². The molecule has 1 saturated heterocycles. The summed E-state index contributed by atoms with van der Waals surface area (Å²) >= 11 is 1.74. The summed E-state index contributed by atoms with van der Waals surface area (Å²) in [6, 6.07) is 8.50. The van der Waals surface area contributed by atoms with Crippen LogP contribution in [-0.4, -0.2) is 18.2 Å². The minimum atomic E-state index is 0.0664. The van der Waals surface area contributed by atoms with E-state index < -0.39 is 0 Å². The Morgan fingerprint density at radius 3 is 2.89 bits per heavy atom. The molecule has 1 aliphatic rings. The van der Waals surface area contributed by atoms with Crippen LogP contribution in [-0.2, 0) is 4.79 Å². The molecule has 1 amide bonds. The van der Waals surface area contributed by atoms with Crippen LogP contribution >= 0.6 is 11.8 Å². The van der Waals surface area contributed by atoms with Crippen LogP contribution in [0.4, 0.5) is 0 Å². The molecule has 96 valence electrons. The fraction of sp³-hybridized carbons (Fsp3) is 0.357. The van der Waals surface area contributed by atoms with Gasteiger partial charge >= 0.3 is 0 Å². The molecule has 0 spiro atoms. The fourth-order valence-electron chi connectivity index (χ4n) is 2.03. The van der Waals surface area contributed by atoms with Gasteiger partial charge in [-0.05, 0) is 23.8 Å². The predicted molar refractivity (Wildman–Crippen MR) is 76.1 cm³/mol. The number of amides is 1. The van der Waals surface area contributed by atoms with Gasteiger partial charge < -0.3 is 0 Å². The van der Waals surface area contributed by atoms with Crippen molar-refractivity contribution >= 4 is 23.7 Å². The number of thioether (sulfide) groups is 1. The highest BCUT2D eigenvalue weighted by Crippen LogP contribution is 2.22. The third kappa shape index (κ3) is 3.15. The Balaban J connectivity index is 2.08. The van der Waals surface area contributed by atoms with Gasteiger partial charge in [-0.3, -0.25) is 10.2 Å². The van der Waals surface area contributed by atoms with Gasteiger partial charge in [-0.25, -0.2) is 5.43 Å². The van der Waals surface area contributed by atoms with Crippen molar-refractivity contribution in [3.8, 4) is 0 Å².